The molecule has 1 unspecified atom stereocenters. The second kappa shape index (κ2) is 7.70. The van der Waals surface area contributed by atoms with Gasteiger partial charge in [-0.15, -0.1) is 0 Å². The highest BCUT2D eigenvalue weighted by atomic mass is 79.9. The molecule has 150 valence electrons. The molecule has 0 aliphatic carbocycles. The average molecular weight is 458 g/mol. The molecule has 10 heteroatoms. The fraction of sp³-hybridized carbons (Fsp3) is 0.263. The Balaban J connectivity index is 1.87. The highest BCUT2D eigenvalue weighted by molar-refractivity contribution is 9.10. The van der Waals surface area contributed by atoms with Crippen molar-refractivity contribution in [2.24, 2.45) is 14.1 Å². The first kappa shape index (κ1) is 19.2. The van der Waals surface area contributed by atoms with Crippen molar-refractivity contribution >= 4 is 32.8 Å². The van der Waals surface area contributed by atoms with Crippen LogP contribution in [0.2, 0.25) is 0 Å². The Morgan fingerprint density at radius 2 is 1.76 bits per heavy atom. The number of hydrogen-bond acceptors (Lipinski definition) is 7. The molecule has 0 saturated heterocycles. The van der Waals surface area contributed by atoms with Crippen LogP contribution in [0.4, 0.5) is 5.82 Å². The Morgan fingerprint density at radius 1 is 1.03 bits per heavy atom. The predicted molar refractivity (Wildman–Crippen MR) is 112 cm³/mol. The smallest absolute Gasteiger partial charge is 0.164 e. The van der Waals surface area contributed by atoms with Crippen LogP contribution in [-0.2, 0) is 14.1 Å². The summed E-state index contributed by atoms with van der Waals surface area (Å²) in [6.07, 6.45) is 5.17. The van der Waals surface area contributed by atoms with Gasteiger partial charge in [0.2, 0.25) is 0 Å². The summed E-state index contributed by atoms with van der Waals surface area (Å²) in [5, 5.41) is 8.70. The lowest BCUT2D eigenvalue weighted by Crippen LogP contribution is -2.18. The van der Waals surface area contributed by atoms with Gasteiger partial charge in [0.1, 0.15) is 40.1 Å². The van der Waals surface area contributed by atoms with E-state index in [2.05, 4.69) is 41.3 Å². The maximum Gasteiger partial charge on any atom is 0.164 e. The topological polar surface area (TPSA) is 91.9 Å². The van der Waals surface area contributed by atoms with E-state index in [1.165, 1.54) is 6.33 Å². The maximum absolute atomic E-state index is 5.46. The molecule has 0 radical (unpaired) electrons. The van der Waals surface area contributed by atoms with Gasteiger partial charge in [0, 0.05) is 32.6 Å². The highest BCUT2D eigenvalue weighted by Gasteiger charge is 2.23. The molecular formula is C19H20BrN7O2. The van der Waals surface area contributed by atoms with Gasteiger partial charge in [0.15, 0.2) is 5.65 Å². The minimum Gasteiger partial charge on any atom is -0.497 e. The average Bonchev–Trinajstić information content (AvgIpc) is 3.28. The fourth-order valence-electron chi connectivity index (χ4n) is 3.24. The van der Waals surface area contributed by atoms with Gasteiger partial charge in [-0.3, -0.25) is 0 Å². The number of rotatable bonds is 6. The largest absolute Gasteiger partial charge is 0.497 e. The summed E-state index contributed by atoms with van der Waals surface area (Å²) in [5.41, 5.74) is 1.64. The molecule has 3 aromatic heterocycles. The number of ether oxygens (including phenoxy) is 2. The quantitative estimate of drug-likeness (QED) is 0.475. The molecule has 4 aromatic rings. The number of nitrogens with zero attached hydrogens (tertiary/aromatic N) is 6. The Hall–Kier alpha value is -3.14. The molecule has 0 bridgehead atoms. The molecule has 0 aliphatic rings. The van der Waals surface area contributed by atoms with E-state index in [1.54, 1.807) is 25.1 Å². The van der Waals surface area contributed by atoms with Crippen molar-refractivity contribution in [3.63, 3.8) is 0 Å². The summed E-state index contributed by atoms with van der Waals surface area (Å²) in [6, 6.07) is 5.42. The van der Waals surface area contributed by atoms with Crippen LogP contribution in [0.5, 0.6) is 11.5 Å². The van der Waals surface area contributed by atoms with Crippen molar-refractivity contribution in [3.05, 3.63) is 52.9 Å². The van der Waals surface area contributed by atoms with Gasteiger partial charge in [-0.2, -0.15) is 5.10 Å². The number of nitrogens with one attached hydrogen (secondary N) is 1. The first-order valence-electron chi connectivity index (χ1n) is 8.81. The number of anilines is 1. The molecule has 1 N–H and O–H groups in total. The lowest BCUT2D eigenvalue weighted by molar-refractivity contribution is 0.393. The lowest BCUT2D eigenvalue weighted by atomic mass is 10.0. The van der Waals surface area contributed by atoms with Gasteiger partial charge in [0.25, 0.3) is 0 Å². The third kappa shape index (κ3) is 3.51. The van der Waals surface area contributed by atoms with Crippen LogP contribution in [0.15, 0.2) is 41.5 Å². The highest BCUT2D eigenvalue weighted by Crippen LogP contribution is 2.34. The molecule has 1 atom stereocenters. The fourth-order valence-corrected chi connectivity index (χ4v) is 3.84. The van der Waals surface area contributed by atoms with E-state index in [9.17, 15) is 0 Å². The van der Waals surface area contributed by atoms with Crippen LogP contribution in [0.25, 0.3) is 11.0 Å². The second-order valence-electron chi connectivity index (χ2n) is 6.45. The Kier molecular flexibility index (Phi) is 5.10. The minimum atomic E-state index is -0.316. The predicted octanol–water partition coefficient (Wildman–Crippen LogP) is 3.08. The summed E-state index contributed by atoms with van der Waals surface area (Å²) in [5.74, 6) is 2.84. The summed E-state index contributed by atoms with van der Waals surface area (Å²) in [6.45, 7) is 0. The molecule has 4 rings (SSSR count). The molecule has 9 nitrogen and oxygen atoms in total. The summed E-state index contributed by atoms with van der Waals surface area (Å²) in [4.78, 5) is 13.4. The van der Waals surface area contributed by atoms with Gasteiger partial charge in [-0.05, 0) is 33.6 Å². The van der Waals surface area contributed by atoms with Crippen LogP contribution >= 0.6 is 15.9 Å². The maximum atomic E-state index is 5.46. The standard InChI is InChI=1S/C19H20BrN7O2/c1-26-6-5-21-19(26)15(11-7-12(28-3)9-13(8-11)29-4)24-17-14-16(20)25-27(2)18(14)23-10-22-17/h5-10,15H,1-4H3,(H,22,23,24). The van der Waals surface area contributed by atoms with Crippen molar-refractivity contribution in [1.82, 2.24) is 29.3 Å². The SMILES string of the molecule is COc1cc(OC)cc(C(Nc2ncnc3c2c(Br)nn3C)c2nccn2C)c1. The Labute approximate surface area is 175 Å². The first-order valence-corrected chi connectivity index (χ1v) is 9.61. The van der Waals surface area contributed by atoms with E-state index in [0.717, 1.165) is 22.4 Å². The van der Waals surface area contributed by atoms with Crippen LogP contribution in [0.3, 0.4) is 0 Å². The molecule has 1 aromatic carbocycles. The van der Waals surface area contributed by atoms with Crippen LogP contribution in [0, 0.1) is 0 Å². The summed E-state index contributed by atoms with van der Waals surface area (Å²) in [7, 11) is 7.04. The number of benzene rings is 1. The van der Waals surface area contributed by atoms with E-state index >= 15 is 0 Å². The number of methoxy groups -OCH3 is 2. The molecular weight excluding hydrogens is 438 g/mol. The van der Waals surface area contributed by atoms with Gasteiger partial charge in [-0.25, -0.2) is 19.6 Å². The number of fused-ring (bicyclic) bond motifs is 1. The number of hydrogen-bond donors (Lipinski definition) is 1. The number of imidazole rings is 1. The molecule has 0 amide bonds. The van der Waals surface area contributed by atoms with Gasteiger partial charge in [-0.1, -0.05) is 0 Å². The zero-order chi connectivity index (χ0) is 20.5. The Morgan fingerprint density at radius 3 is 2.38 bits per heavy atom. The third-order valence-electron chi connectivity index (χ3n) is 4.68. The molecule has 3 heterocycles. The zero-order valence-electron chi connectivity index (χ0n) is 16.4. The van der Waals surface area contributed by atoms with Crippen molar-refractivity contribution in [3.8, 4) is 11.5 Å². The molecule has 0 aliphatic heterocycles. The van der Waals surface area contributed by atoms with E-state index in [1.807, 2.05) is 43.1 Å². The summed E-state index contributed by atoms with van der Waals surface area (Å²) >= 11 is 3.51. The Bertz CT molecular complexity index is 1150. The van der Waals surface area contributed by atoms with Gasteiger partial charge < -0.3 is 19.4 Å². The van der Waals surface area contributed by atoms with Crippen molar-refractivity contribution < 1.29 is 9.47 Å². The lowest BCUT2D eigenvalue weighted by Gasteiger charge is -2.21. The zero-order valence-corrected chi connectivity index (χ0v) is 18.0. The van der Waals surface area contributed by atoms with E-state index in [4.69, 9.17) is 9.47 Å². The second-order valence-corrected chi connectivity index (χ2v) is 7.21. The van der Waals surface area contributed by atoms with E-state index in [0.29, 0.717) is 21.9 Å². The summed E-state index contributed by atoms with van der Waals surface area (Å²) < 4.78 is 15.2. The van der Waals surface area contributed by atoms with Crippen LogP contribution in [-0.4, -0.2) is 43.5 Å². The van der Waals surface area contributed by atoms with Crippen molar-refractivity contribution in [1.29, 1.82) is 0 Å². The first-order chi connectivity index (χ1) is 14.0. The molecule has 0 saturated carbocycles. The van der Waals surface area contributed by atoms with Crippen LogP contribution < -0.4 is 14.8 Å². The van der Waals surface area contributed by atoms with Crippen molar-refractivity contribution in [2.75, 3.05) is 19.5 Å². The van der Waals surface area contributed by atoms with Crippen molar-refractivity contribution in [2.45, 2.75) is 6.04 Å². The number of halogens is 1. The third-order valence-corrected chi connectivity index (χ3v) is 5.24. The molecule has 29 heavy (non-hydrogen) atoms. The number of aromatic nitrogens is 6. The van der Waals surface area contributed by atoms with E-state index in [-0.39, 0.29) is 6.04 Å². The molecule has 0 fully saturated rings. The van der Waals surface area contributed by atoms with Crippen LogP contribution in [0.1, 0.15) is 17.4 Å². The molecule has 0 spiro atoms. The minimum absolute atomic E-state index is 0.316. The monoisotopic (exact) mass is 457 g/mol. The van der Waals surface area contributed by atoms with E-state index < -0.39 is 0 Å². The number of aryl methyl sites for hydroxylation is 2. The van der Waals surface area contributed by atoms with Gasteiger partial charge in [0.05, 0.1) is 19.6 Å². The normalized spacial score (nSPS) is 12.2. The van der Waals surface area contributed by atoms with Gasteiger partial charge >= 0.3 is 0 Å².